The minimum absolute atomic E-state index is 0.0237. The van der Waals surface area contributed by atoms with E-state index in [1.165, 1.54) is 15.6 Å². The van der Waals surface area contributed by atoms with E-state index >= 15 is 0 Å². The van der Waals surface area contributed by atoms with Crippen LogP contribution in [0.2, 0.25) is 0 Å². The molecule has 1 amide bonds. The van der Waals surface area contributed by atoms with Gasteiger partial charge in [-0.3, -0.25) is 4.79 Å². The Kier molecular flexibility index (Phi) is 5.41. The standard InChI is InChI=1S/C17H20N2O4S2/c1-23-15-6-4-13(5-7-15)17(20)18-14-8-10-19(11-9-14)25(21,22)16-3-2-12-24-16/h2-7,12,14H,8-11H2,1H3,(H,18,20). The number of methoxy groups -OCH3 is 1. The first-order valence-electron chi connectivity index (χ1n) is 7.99. The smallest absolute Gasteiger partial charge is 0.252 e. The lowest BCUT2D eigenvalue weighted by Crippen LogP contribution is -2.46. The summed E-state index contributed by atoms with van der Waals surface area (Å²) in [4.78, 5) is 12.3. The molecular formula is C17H20N2O4S2. The van der Waals surface area contributed by atoms with Crippen LogP contribution in [0.15, 0.2) is 46.0 Å². The van der Waals surface area contributed by atoms with Crippen molar-refractivity contribution in [2.24, 2.45) is 0 Å². The van der Waals surface area contributed by atoms with Crippen LogP contribution in [-0.2, 0) is 10.0 Å². The van der Waals surface area contributed by atoms with Gasteiger partial charge in [-0.05, 0) is 48.6 Å². The van der Waals surface area contributed by atoms with Crippen LogP contribution >= 0.6 is 11.3 Å². The average Bonchev–Trinajstić information content (AvgIpc) is 3.18. The lowest BCUT2D eigenvalue weighted by atomic mass is 10.1. The molecule has 1 N–H and O–H groups in total. The maximum Gasteiger partial charge on any atom is 0.252 e. The molecule has 0 spiro atoms. The van der Waals surface area contributed by atoms with Crippen molar-refractivity contribution in [1.29, 1.82) is 0 Å². The molecule has 6 nitrogen and oxygen atoms in total. The first-order valence-corrected chi connectivity index (χ1v) is 10.3. The van der Waals surface area contributed by atoms with E-state index < -0.39 is 10.0 Å². The van der Waals surface area contributed by atoms with Crippen molar-refractivity contribution >= 4 is 27.3 Å². The summed E-state index contributed by atoms with van der Waals surface area (Å²) < 4.78 is 31.9. The quantitative estimate of drug-likeness (QED) is 0.864. The number of ether oxygens (including phenoxy) is 1. The molecule has 2 heterocycles. The summed E-state index contributed by atoms with van der Waals surface area (Å²) in [5, 5.41) is 4.74. The van der Waals surface area contributed by atoms with E-state index in [2.05, 4.69) is 5.32 Å². The largest absolute Gasteiger partial charge is 0.497 e. The molecule has 0 saturated carbocycles. The molecule has 1 aromatic carbocycles. The van der Waals surface area contributed by atoms with Crippen molar-refractivity contribution in [2.45, 2.75) is 23.1 Å². The zero-order chi connectivity index (χ0) is 17.9. The summed E-state index contributed by atoms with van der Waals surface area (Å²) in [5.74, 6) is 0.547. The zero-order valence-corrected chi connectivity index (χ0v) is 15.5. The number of carbonyl (C=O) groups is 1. The molecule has 134 valence electrons. The molecule has 0 unspecified atom stereocenters. The first kappa shape index (κ1) is 17.9. The van der Waals surface area contributed by atoms with Crippen molar-refractivity contribution in [3.63, 3.8) is 0 Å². The Labute approximate surface area is 151 Å². The van der Waals surface area contributed by atoms with Crippen molar-refractivity contribution < 1.29 is 17.9 Å². The van der Waals surface area contributed by atoms with E-state index in [1.807, 2.05) is 0 Å². The maximum atomic E-state index is 12.5. The fourth-order valence-electron chi connectivity index (χ4n) is 2.79. The van der Waals surface area contributed by atoms with Gasteiger partial charge in [0.25, 0.3) is 15.9 Å². The third kappa shape index (κ3) is 4.02. The number of rotatable bonds is 5. The third-order valence-corrected chi connectivity index (χ3v) is 7.50. The van der Waals surface area contributed by atoms with Crippen molar-refractivity contribution in [3.05, 3.63) is 47.3 Å². The number of amides is 1. The highest BCUT2D eigenvalue weighted by Crippen LogP contribution is 2.24. The Bertz CT molecular complexity index is 809. The van der Waals surface area contributed by atoms with E-state index in [-0.39, 0.29) is 11.9 Å². The lowest BCUT2D eigenvalue weighted by molar-refractivity contribution is 0.0924. The fourth-order valence-corrected chi connectivity index (χ4v) is 5.40. The highest BCUT2D eigenvalue weighted by atomic mass is 32.2. The van der Waals surface area contributed by atoms with Crippen molar-refractivity contribution in [3.8, 4) is 5.75 Å². The number of nitrogens with zero attached hydrogens (tertiary/aromatic N) is 1. The third-order valence-electron chi connectivity index (χ3n) is 4.23. The number of benzene rings is 1. The summed E-state index contributed by atoms with van der Waals surface area (Å²) >= 11 is 1.23. The molecule has 1 saturated heterocycles. The maximum absolute atomic E-state index is 12.5. The van der Waals surface area contributed by atoms with Gasteiger partial charge in [-0.2, -0.15) is 4.31 Å². The second-order valence-electron chi connectivity index (χ2n) is 5.81. The predicted octanol–water partition coefficient (Wildman–Crippen LogP) is 2.34. The highest BCUT2D eigenvalue weighted by molar-refractivity contribution is 7.91. The fraction of sp³-hybridized carbons (Fsp3) is 0.353. The molecule has 0 bridgehead atoms. The Hall–Kier alpha value is -1.90. The Morgan fingerprint density at radius 1 is 1.20 bits per heavy atom. The monoisotopic (exact) mass is 380 g/mol. The SMILES string of the molecule is COc1ccc(C(=O)NC2CCN(S(=O)(=O)c3cccs3)CC2)cc1. The summed E-state index contributed by atoms with van der Waals surface area (Å²) in [5.41, 5.74) is 0.564. The molecule has 0 radical (unpaired) electrons. The second kappa shape index (κ2) is 7.55. The normalized spacial score (nSPS) is 16.5. The Morgan fingerprint density at radius 2 is 1.88 bits per heavy atom. The number of thiophene rings is 1. The van der Waals surface area contributed by atoms with Gasteiger partial charge in [-0.15, -0.1) is 11.3 Å². The van der Waals surface area contributed by atoms with Gasteiger partial charge in [0.1, 0.15) is 9.96 Å². The van der Waals surface area contributed by atoms with Gasteiger partial charge in [-0.1, -0.05) is 6.07 Å². The zero-order valence-electron chi connectivity index (χ0n) is 13.8. The molecule has 1 aromatic heterocycles. The van der Waals surface area contributed by atoms with Gasteiger partial charge in [-0.25, -0.2) is 8.42 Å². The van der Waals surface area contributed by atoms with Crippen LogP contribution in [0.1, 0.15) is 23.2 Å². The number of hydrogen-bond donors (Lipinski definition) is 1. The number of nitrogens with one attached hydrogen (secondary N) is 1. The summed E-state index contributed by atoms with van der Waals surface area (Å²) in [6.45, 7) is 0.821. The van der Waals surface area contributed by atoms with Gasteiger partial charge in [0.2, 0.25) is 0 Å². The van der Waals surface area contributed by atoms with Crippen LogP contribution < -0.4 is 10.1 Å². The number of piperidine rings is 1. The predicted molar refractivity (Wildman–Crippen MR) is 96.6 cm³/mol. The van der Waals surface area contributed by atoms with Crippen LogP contribution in [0.25, 0.3) is 0 Å². The molecular weight excluding hydrogens is 360 g/mol. The Morgan fingerprint density at radius 3 is 2.44 bits per heavy atom. The second-order valence-corrected chi connectivity index (χ2v) is 8.92. The molecule has 1 aliphatic heterocycles. The highest BCUT2D eigenvalue weighted by Gasteiger charge is 2.30. The summed E-state index contributed by atoms with van der Waals surface area (Å²) in [6, 6.07) is 10.2. The van der Waals surface area contributed by atoms with Crippen LogP contribution in [0, 0.1) is 0 Å². The van der Waals surface area contributed by atoms with Gasteiger partial charge >= 0.3 is 0 Å². The minimum Gasteiger partial charge on any atom is -0.497 e. The molecule has 0 atom stereocenters. The van der Waals surface area contributed by atoms with Crippen LogP contribution in [0.5, 0.6) is 5.75 Å². The minimum atomic E-state index is -3.41. The van der Waals surface area contributed by atoms with E-state index in [9.17, 15) is 13.2 Å². The van der Waals surface area contributed by atoms with Crippen LogP contribution in [-0.4, -0.2) is 44.9 Å². The van der Waals surface area contributed by atoms with E-state index in [1.54, 1.807) is 48.9 Å². The van der Waals surface area contributed by atoms with E-state index in [0.29, 0.717) is 41.5 Å². The summed E-state index contributed by atoms with van der Waals surface area (Å²) in [7, 11) is -1.83. The molecule has 3 rings (SSSR count). The number of sulfonamides is 1. The van der Waals surface area contributed by atoms with Crippen LogP contribution in [0.4, 0.5) is 0 Å². The topological polar surface area (TPSA) is 75.7 Å². The average molecular weight is 380 g/mol. The molecule has 1 fully saturated rings. The number of carbonyl (C=O) groups excluding carboxylic acids is 1. The van der Waals surface area contributed by atoms with Crippen molar-refractivity contribution in [1.82, 2.24) is 9.62 Å². The molecule has 0 aliphatic carbocycles. The van der Waals surface area contributed by atoms with Gasteiger partial charge < -0.3 is 10.1 Å². The first-order chi connectivity index (χ1) is 12.0. The van der Waals surface area contributed by atoms with Crippen molar-refractivity contribution in [2.75, 3.05) is 20.2 Å². The van der Waals surface area contributed by atoms with Gasteiger partial charge in [0.15, 0.2) is 0 Å². The van der Waals surface area contributed by atoms with Crippen LogP contribution in [0.3, 0.4) is 0 Å². The lowest BCUT2D eigenvalue weighted by Gasteiger charge is -2.31. The van der Waals surface area contributed by atoms with Gasteiger partial charge in [0.05, 0.1) is 7.11 Å². The van der Waals surface area contributed by atoms with E-state index in [4.69, 9.17) is 4.74 Å². The molecule has 1 aliphatic rings. The molecule has 25 heavy (non-hydrogen) atoms. The molecule has 2 aromatic rings. The Balaban J connectivity index is 1.56. The van der Waals surface area contributed by atoms with Gasteiger partial charge in [0, 0.05) is 24.7 Å². The van der Waals surface area contributed by atoms with E-state index in [0.717, 1.165) is 0 Å². The molecule has 8 heteroatoms. The summed E-state index contributed by atoms with van der Waals surface area (Å²) in [6.07, 6.45) is 1.21. The number of hydrogen-bond acceptors (Lipinski definition) is 5.